The number of nitrogens with zero attached hydrogens (tertiary/aromatic N) is 7. The number of anilines is 4. The van der Waals surface area contributed by atoms with E-state index < -0.39 is 0 Å². The third-order valence-electron chi connectivity index (χ3n) is 7.26. The predicted molar refractivity (Wildman–Crippen MR) is 152 cm³/mol. The van der Waals surface area contributed by atoms with Gasteiger partial charge in [-0.1, -0.05) is 0 Å². The number of benzene rings is 1. The Balaban J connectivity index is 1.10. The quantitative estimate of drug-likeness (QED) is 0.475. The van der Waals surface area contributed by atoms with Crippen LogP contribution in [-0.4, -0.2) is 77.3 Å². The van der Waals surface area contributed by atoms with Crippen molar-refractivity contribution in [1.82, 2.24) is 19.9 Å². The zero-order valence-electron chi connectivity index (χ0n) is 20.8. The lowest BCUT2D eigenvalue weighted by molar-refractivity contribution is 0.389. The second kappa shape index (κ2) is 10.7. The molecule has 0 spiro atoms. The van der Waals surface area contributed by atoms with Gasteiger partial charge in [-0.05, 0) is 62.2 Å². The highest BCUT2D eigenvalue weighted by atomic mass is 32.1. The van der Waals surface area contributed by atoms with Crippen molar-refractivity contribution in [2.24, 2.45) is 0 Å². The van der Waals surface area contributed by atoms with Crippen molar-refractivity contribution in [3.63, 3.8) is 0 Å². The summed E-state index contributed by atoms with van der Waals surface area (Å²) in [5.41, 5.74) is 1.70. The van der Waals surface area contributed by atoms with Crippen LogP contribution >= 0.6 is 23.6 Å². The summed E-state index contributed by atoms with van der Waals surface area (Å²) in [6.07, 6.45) is 4.87. The third-order valence-corrected chi connectivity index (χ3v) is 8.37. The zero-order valence-corrected chi connectivity index (χ0v) is 22.4. The standard InChI is InChI=1S/C26H31FN8S2/c27-20-7-5-19(6-8-20)21-18-37-25(28-21)31-26(36)35-15-13-33(14-16-35)23-17-22(32-9-1-2-10-32)29-24(30-23)34-11-3-4-12-34/h5-8,17-18H,1-4,9-16H2,(H,28,31,36). The summed E-state index contributed by atoms with van der Waals surface area (Å²) in [7, 11) is 0. The van der Waals surface area contributed by atoms with E-state index in [1.54, 1.807) is 12.1 Å². The molecule has 3 aliphatic heterocycles. The van der Waals surface area contributed by atoms with Crippen LogP contribution in [0.5, 0.6) is 0 Å². The number of nitrogens with one attached hydrogen (secondary N) is 1. The molecule has 3 saturated heterocycles. The fraction of sp³-hybridized carbons (Fsp3) is 0.462. The van der Waals surface area contributed by atoms with E-state index >= 15 is 0 Å². The van der Waals surface area contributed by atoms with Crippen LogP contribution in [0.2, 0.25) is 0 Å². The van der Waals surface area contributed by atoms with Gasteiger partial charge in [-0.2, -0.15) is 9.97 Å². The lowest BCUT2D eigenvalue weighted by atomic mass is 10.2. The molecule has 1 aromatic carbocycles. The molecule has 3 aliphatic rings. The van der Waals surface area contributed by atoms with Crippen LogP contribution in [0.15, 0.2) is 35.7 Å². The summed E-state index contributed by atoms with van der Waals surface area (Å²) in [6.45, 7) is 7.53. The summed E-state index contributed by atoms with van der Waals surface area (Å²) in [4.78, 5) is 23.9. The highest BCUT2D eigenvalue weighted by Crippen LogP contribution is 2.28. The molecule has 5 heterocycles. The van der Waals surface area contributed by atoms with Gasteiger partial charge in [0.2, 0.25) is 5.95 Å². The molecule has 3 fully saturated rings. The highest BCUT2D eigenvalue weighted by Gasteiger charge is 2.25. The number of hydrogen-bond acceptors (Lipinski definition) is 8. The van der Waals surface area contributed by atoms with Crippen molar-refractivity contribution in [3.8, 4) is 11.3 Å². The third kappa shape index (κ3) is 5.47. The van der Waals surface area contributed by atoms with Gasteiger partial charge in [-0.25, -0.2) is 9.37 Å². The molecule has 37 heavy (non-hydrogen) atoms. The number of aromatic nitrogens is 3. The Labute approximate surface area is 226 Å². The number of rotatable bonds is 5. The number of halogens is 1. The second-order valence-electron chi connectivity index (χ2n) is 9.72. The van der Waals surface area contributed by atoms with Crippen LogP contribution in [0.1, 0.15) is 25.7 Å². The molecule has 0 saturated carbocycles. The minimum Gasteiger partial charge on any atom is -0.356 e. The van der Waals surface area contributed by atoms with Crippen LogP contribution in [0.3, 0.4) is 0 Å². The number of hydrogen-bond donors (Lipinski definition) is 1. The first kappa shape index (κ1) is 24.3. The molecule has 0 radical (unpaired) electrons. The minimum absolute atomic E-state index is 0.251. The molecule has 6 rings (SSSR count). The summed E-state index contributed by atoms with van der Waals surface area (Å²) >= 11 is 7.21. The van der Waals surface area contributed by atoms with Gasteiger partial charge in [0.15, 0.2) is 10.2 Å². The fourth-order valence-electron chi connectivity index (χ4n) is 5.13. The van der Waals surface area contributed by atoms with Gasteiger partial charge < -0.3 is 24.9 Å². The first-order chi connectivity index (χ1) is 18.1. The first-order valence-electron chi connectivity index (χ1n) is 13.0. The lowest BCUT2D eigenvalue weighted by Gasteiger charge is -2.37. The Morgan fingerprint density at radius 1 is 0.784 bits per heavy atom. The van der Waals surface area contributed by atoms with E-state index in [1.165, 1.54) is 49.2 Å². The summed E-state index contributed by atoms with van der Waals surface area (Å²) < 4.78 is 13.2. The molecule has 0 atom stereocenters. The average molecular weight is 539 g/mol. The Kier molecular flexibility index (Phi) is 7.06. The van der Waals surface area contributed by atoms with Crippen LogP contribution < -0.4 is 20.0 Å². The summed E-state index contributed by atoms with van der Waals surface area (Å²) in [5.74, 6) is 2.70. The average Bonchev–Trinajstić information content (AvgIpc) is 3.72. The second-order valence-corrected chi connectivity index (χ2v) is 11.0. The van der Waals surface area contributed by atoms with Gasteiger partial charge in [0.1, 0.15) is 17.5 Å². The molecule has 0 unspecified atom stereocenters. The SMILES string of the molecule is Fc1ccc(-c2csc(NC(=S)N3CCN(c4cc(N5CCCC5)nc(N5CCCC5)n4)CC3)n2)cc1. The Bertz CT molecular complexity index is 1200. The van der Waals surface area contributed by atoms with Gasteiger partial charge in [-0.15, -0.1) is 11.3 Å². The van der Waals surface area contributed by atoms with E-state index in [2.05, 4.69) is 36.0 Å². The van der Waals surface area contributed by atoms with E-state index in [0.29, 0.717) is 5.11 Å². The van der Waals surface area contributed by atoms with Gasteiger partial charge in [0, 0.05) is 69.4 Å². The van der Waals surface area contributed by atoms with Crippen LogP contribution in [0.4, 0.5) is 27.1 Å². The predicted octanol–water partition coefficient (Wildman–Crippen LogP) is 4.46. The van der Waals surface area contributed by atoms with Gasteiger partial charge in [0.05, 0.1) is 5.69 Å². The molecule has 3 aromatic rings. The fourth-order valence-corrected chi connectivity index (χ4v) is 6.19. The van der Waals surface area contributed by atoms with Crippen molar-refractivity contribution in [3.05, 3.63) is 41.5 Å². The van der Waals surface area contributed by atoms with Crippen molar-refractivity contribution < 1.29 is 4.39 Å². The summed E-state index contributed by atoms with van der Waals surface area (Å²) in [6, 6.07) is 8.55. The van der Waals surface area contributed by atoms with Crippen molar-refractivity contribution in [1.29, 1.82) is 0 Å². The minimum atomic E-state index is -0.251. The van der Waals surface area contributed by atoms with Gasteiger partial charge in [0.25, 0.3) is 0 Å². The van der Waals surface area contributed by atoms with Crippen LogP contribution in [-0.2, 0) is 0 Å². The molecule has 0 aliphatic carbocycles. The Hall–Kier alpha value is -3.05. The Morgan fingerprint density at radius 2 is 1.38 bits per heavy atom. The smallest absolute Gasteiger partial charge is 0.229 e. The van der Waals surface area contributed by atoms with Crippen molar-refractivity contribution in [2.45, 2.75) is 25.7 Å². The van der Waals surface area contributed by atoms with Gasteiger partial charge >= 0.3 is 0 Å². The topological polar surface area (TPSA) is 63.7 Å². The molecule has 0 amide bonds. The monoisotopic (exact) mass is 538 g/mol. The van der Waals surface area contributed by atoms with Crippen molar-refractivity contribution in [2.75, 3.05) is 72.4 Å². The van der Waals surface area contributed by atoms with Gasteiger partial charge in [-0.3, -0.25) is 0 Å². The molecule has 11 heteroatoms. The maximum Gasteiger partial charge on any atom is 0.229 e. The van der Waals surface area contributed by atoms with E-state index in [4.69, 9.17) is 22.2 Å². The zero-order chi connectivity index (χ0) is 25.2. The van der Waals surface area contributed by atoms with E-state index in [-0.39, 0.29) is 5.82 Å². The first-order valence-corrected chi connectivity index (χ1v) is 14.3. The van der Waals surface area contributed by atoms with Crippen molar-refractivity contribution >= 4 is 51.4 Å². The summed E-state index contributed by atoms with van der Waals surface area (Å²) in [5, 5.41) is 6.68. The van der Waals surface area contributed by atoms with Crippen LogP contribution in [0.25, 0.3) is 11.3 Å². The largest absolute Gasteiger partial charge is 0.356 e. The lowest BCUT2D eigenvalue weighted by Crippen LogP contribution is -2.50. The maximum absolute atomic E-state index is 13.2. The molecular formula is C26H31FN8S2. The van der Waals surface area contributed by atoms with E-state index in [0.717, 1.165) is 86.3 Å². The number of thiocarbonyl (C=S) groups is 1. The van der Waals surface area contributed by atoms with Crippen LogP contribution in [0, 0.1) is 5.82 Å². The highest BCUT2D eigenvalue weighted by molar-refractivity contribution is 7.80. The Morgan fingerprint density at radius 3 is 2.03 bits per heavy atom. The molecule has 8 nitrogen and oxygen atoms in total. The number of thiazole rings is 1. The number of piperazine rings is 1. The molecule has 0 bridgehead atoms. The normalized spacial score (nSPS) is 18.1. The molecular weight excluding hydrogens is 507 g/mol. The molecule has 2 aromatic heterocycles. The molecule has 194 valence electrons. The molecule has 1 N–H and O–H groups in total. The maximum atomic E-state index is 13.2. The van der Waals surface area contributed by atoms with E-state index in [9.17, 15) is 4.39 Å². The van der Waals surface area contributed by atoms with E-state index in [1.807, 2.05) is 5.38 Å².